The number of likely N-dealkylation sites (tertiary alicyclic amines) is 1. The number of rotatable bonds is 5. The van der Waals surface area contributed by atoms with Gasteiger partial charge in [-0.2, -0.15) is 0 Å². The van der Waals surface area contributed by atoms with Crippen molar-refractivity contribution in [3.63, 3.8) is 0 Å². The van der Waals surface area contributed by atoms with E-state index in [-0.39, 0.29) is 5.54 Å². The van der Waals surface area contributed by atoms with Crippen LogP contribution in [0, 0.1) is 0 Å². The predicted octanol–water partition coefficient (Wildman–Crippen LogP) is 1.54. The summed E-state index contributed by atoms with van der Waals surface area (Å²) in [4.78, 5) is 2.37. The second-order valence-corrected chi connectivity index (χ2v) is 5.38. The van der Waals surface area contributed by atoms with Gasteiger partial charge in [0.1, 0.15) is 0 Å². The molecule has 1 aliphatic heterocycles. The molecule has 0 bridgehead atoms. The summed E-state index contributed by atoms with van der Waals surface area (Å²) in [6, 6.07) is 6.19. The Morgan fingerprint density at radius 3 is 2.53 bits per heavy atom. The quantitative estimate of drug-likeness (QED) is 0.874. The lowest BCUT2D eigenvalue weighted by molar-refractivity contribution is 0.324. The Kier molecular flexibility index (Phi) is 4.32. The number of ether oxygens (including phenoxy) is 2. The Bertz CT molecular complexity index is 436. The van der Waals surface area contributed by atoms with E-state index in [9.17, 15) is 0 Å². The molecule has 0 amide bonds. The van der Waals surface area contributed by atoms with Gasteiger partial charge in [-0.1, -0.05) is 6.07 Å². The van der Waals surface area contributed by atoms with Crippen molar-refractivity contribution in [3.05, 3.63) is 23.8 Å². The fourth-order valence-electron chi connectivity index (χ4n) is 2.90. The maximum Gasteiger partial charge on any atom is 0.160 e. The van der Waals surface area contributed by atoms with E-state index in [2.05, 4.69) is 36.4 Å². The molecule has 1 saturated heterocycles. The van der Waals surface area contributed by atoms with Crippen LogP contribution in [0.15, 0.2) is 18.2 Å². The Labute approximate surface area is 115 Å². The minimum atomic E-state index is 0.175. The summed E-state index contributed by atoms with van der Waals surface area (Å²) in [5.74, 6) is 1.59. The van der Waals surface area contributed by atoms with Crippen molar-refractivity contribution in [1.29, 1.82) is 0 Å². The first-order chi connectivity index (χ1) is 9.12. The summed E-state index contributed by atoms with van der Waals surface area (Å²) in [7, 11) is 7.57. The van der Waals surface area contributed by atoms with E-state index in [0.717, 1.165) is 31.0 Å². The fourth-order valence-corrected chi connectivity index (χ4v) is 2.90. The molecule has 2 rings (SSSR count). The second kappa shape index (κ2) is 5.80. The third kappa shape index (κ3) is 3.01. The Balaban J connectivity index is 2.18. The molecule has 1 unspecified atom stereocenters. The van der Waals surface area contributed by atoms with Gasteiger partial charge in [-0.05, 0) is 51.2 Å². The molecular weight excluding hydrogens is 240 g/mol. The fraction of sp³-hybridized carbons (Fsp3) is 0.600. The van der Waals surface area contributed by atoms with E-state index in [1.807, 2.05) is 6.07 Å². The van der Waals surface area contributed by atoms with E-state index in [1.54, 1.807) is 14.2 Å². The molecule has 4 nitrogen and oxygen atoms in total. The number of methoxy groups -OCH3 is 2. The average molecular weight is 264 g/mol. The van der Waals surface area contributed by atoms with Crippen LogP contribution in [0.1, 0.15) is 12.0 Å². The number of benzene rings is 1. The van der Waals surface area contributed by atoms with Crippen LogP contribution in [0.3, 0.4) is 0 Å². The molecule has 1 heterocycles. The highest BCUT2D eigenvalue weighted by Gasteiger charge is 2.35. The lowest BCUT2D eigenvalue weighted by Crippen LogP contribution is -2.47. The molecule has 1 aromatic rings. The molecular formula is C15H24N2O2. The van der Waals surface area contributed by atoms with Gasteiger partial charge in [0.15, 0.2) is 11.5 Å². The topological polar surface area (TPSA) is 33.7 Å². The lowest BCUT2D eigenvalue weighted by Gasteiger charge is -2.29. The number of likely N-dealkylation sites (N-methyl/N-ethyl adjacent to an activating group) is 2. The van der Waals surface area contributed by atoms with Gasteiger partial charge in [-0.15, -0.1) is 0 Å². The summed E-state index contributed by atoms with van der Waals surface area (Å²) in [5, 5.41) is 3.51. The zero-order chi connectivity index (χ0) is 13.9. The highest BCUT2D eigenvalue weighted by molar-refractivity contribution is 5.43. The van der Waals surface area contributed by atoms with Crippen molar-refractivity contribution in [2.45, 2.75) is 18.4 Å². The monoisotopic (exact) mass is 264 g/mol. The molecule has 19 heavy (non-hydrogen) atoms. The largest absolute Gasteiger partial charge is 0.493 e. The first-order valence-electron chi connectivity index (χ1n) is 6.71. The third-order valence-corrected chi connectivity index (χ3v) is 4.07. The van der Waals surface area contributed by atoms with E-state index in [1.165, 1.54) is 12.0 Å². The van der Waals surface area contributed by atoms with Crippen molar-refractivity contribution < 1.29 is 9.47 Å². The molecule has 4 heteroatoms. The predicted molar refractivity (Wildman–Crippen MR) is 77.2 cm³/mol. The average Bonchev–Trinajstić information content (AvgIpc) is 2.80. The van der Waals surface area contributed by atoms with Gasteiger partial charge in [0, 0.05) is 12.1 Å². The summed E-state index contributed by atoms with van der Waals surface area (Å²) in [6.07, 6.45) is 2.18. The van der Waals surface area contributed by atoms with Gasteiger partial charge in [-0.25, -0.2) is 0 Å². The third-order valence-electron chi connectivity index (χ3n) is 4.07. The van der Waals surface area contributed by atoms with Crippen LogP contribution < -0.4 is 14.8 Å². The smallest absolute Gasteiger partial charge is 0.160 e. The summed E-state index contributed by atoms with van der Waals surface area (Å²) >= 11 is 0. The van der Waals surface area contributed by atoms with Gasteiger partial charge in [0.25, 0.3) is 0 Å². The molecule has 0 radical (unpaired) electrons. The van der Waals surface area contributed by atoms with Crippen molar-refractivity contribution in [1.82, 2.24) is 10.2 Å². The van der Waals surface area contributed by atoms with E-state index in [4.69, 9.17) is 9.47 Å². The maximum absolute atomic E-state index is 5.37. The first kappa shape index (κ1) is 14.2. The summed E-state index contributed by atoms with van der Waals surface area (Å²) < 4.78 is 10.7. The van der Waals surface area contributed by atoms with Crippen molar-refractivity contribution in [3.8, 4) is 11.5 Å². The number of hydrogen-bond donors (Lipinski definition) is 1. The minimum absolute atomic E-state index is 0.175. The highest BCUT2D eigenvalue weighted by atomic mass is 16.5. The molecule has 0 saturated carbocycles. The van der Waals surface area contributed by atoms with Gasteiger partial charge in [0.2, 0.25) is 0 Å². The second-order valence-electron chi connectivity index (χ2n) is 5.38. The van der Waals surface area contributed by atoms with Crippen molar-refractivity contribution >= 4 is 0 Å². The standard InChI is InChI=1S/C15H24N2O2/c1-16-15(7-8-17(2)11-15)10-12-5-6-13(18-3)14(9-12)19-4/h5-6,9,16H,7-8,10-11H2,1-4H3. The molecule has 1 N–H and O–H groups in total. The van der Waals surface area contributed by atoms with Crippen molar-refractivity contribution in [2.75, 3.05) is 41.4 Å². The van der Waals surface area contributed by atoms with Crippen LogP contribution in [0.4, 0.5) is 0 Å². The highest BCUT2D eigenvalue weighted by Crippen LogP contribution is 2.31. The zero-order valence-corrected chi connectivity index (χ0v) is 12.3. The first-order valence-corrected chi connectivity index (χ1v) is 6.71. The van der Waals surface area contributed by atoms with Crippen LogP contribution >= 0.6 is 0 Å². The number of hydrogen-bond acceptors (Lipinski definition) is 4. The van der Waals surface area contributed by atoms with Crippen LogP contribution in [0.25, 0.3) is 0 Å². The molecule has 0 aromatic heterocycles. The molecule has 1 atom stereocenters. The summed E-state index contributed by atoms with van der Waals surface area (Å²) in [6.45, 7) is 2.23. The number of nitrogens with one attached hydrogen (secondary N) is 1. The zero-order valence-electron chi connectivity index (χ0n) is 12.3. The number of nitrogens with zero attached hydrogens (tertiary/aromatic N) is 1. The minimum Gasteiger partial charge on any atom is -0.493 e. The van der Waals surface area contributed by atoms with E-state index < -0.39 is 0 Å². The Morgan fingerprint density at radius 1 is 1.26 bits per heavy atom. The molecule has 1 fully saturated rings. The van der Waals surface area contributed by atoms with Crippen LogP contribution in [-0.4, -0.2) is 51.8 Å². The van der Waals surface area contributed by atoms with Gasteiger partial charge >= 0.3 is 0 Å². The SMILES string of the molecule is CNC1(Cc2ccc(OC)c(OC)c2)CCN(C)C1. The van der Waals surface area contributed by atoms with Gasteiger partial charge < -0.3 is 19.7 Å². The normalized spacial score (nSPS) is 23.6. The molecule has 106 valence electrons. The van der Waals surface area contributed by atoms with E-state index >= 15 is 0 Å². The Morgan fingerprint density at radius 2 is 2.00 bits per heavy atom. The van der Waals surface area contributed by atoms with E-state index in [0.29, 0.717) is 0 Å². The van der Waals surface area contributed by atoms with Crippen molar-refractivity contribution in [2.24, 2.45) is 0 Å². The van der Waals surface area contributed by atoms with Crippen LogP contribution in [0.5, 0.6) is 11.5 Å². The molecule has 1 aliphatic rings. The van der Waals surface area contributed by atoms with Crippen LogP contribution in [-0.2, 0) is 6.42 Å². The molecule has 1 aromatic carbocycles. The summed E-state index contributed by atoms with van der Waals surface area (Å²) in [5.41, 5.74) is 1.45. The molecule has 0 aliphatic carbocycles. The van der Waals surface area contributed by atoms with Crippen LogP contribution in [0.2, 0.25) is 0 Å². The Hall–Kier alpha value is -1.26. The van der Waals surface area contributed by atoms with Gasteiger partial charge in [0.05, 0.1) is 14.2 Å². The molecule has 0 spiro atoms. The lowest BCUT2D eigenvalue weighted by atomic mass is 9.90. The van der Waals surface area contributed by atoms with Gasteiger partial charge in [-0.3, -0.25) is 0 Å². The maximum atomic E-state index is 5.37.